The molecule has 0 bridgehead atoms. The fraction of sp³-hybridized carbons (Fsp3) is 0.300. The number of rotatable bonds is 7. The lowest BCUT2D eigenvalue weighted by molar-refractivity contribution is -0.142. The van der Waals surface area contributed by atoms with Crippen LogP contribution in [0.4, 0.5) is 0 Å². The molecule has 5 nitrogen and oxygen atoms in total. The molecule has 1 aliphatic carbocycles. The molecule has 2 aromatic carbocycles. The third-order valence-corrected chi connectivity index (χ3v) is 4.66. The van der Waals surface area contributed by atoms with Gasteiger partial charge in [-0.3, -0.25) is 4.79 Å². The van der Waals surface area contributed by atoms with E-state index >= 15 is 0 Å². The van der Waals surface area contributed by atoms with Gasteiger partial charge in [0.25, 0.3) is 0 Å². The number of carbonyl (C=O) groups excluding carboxylic acids is 1. The molecule has 0 fully saturated rings. The normalized spacial score (nSPS) is 13.8. The summed E-state index contributed by atoms with van der Waals surface area (Å²) in [7, 11) is 0. The number of nitrogens with one attached hydrogen (secondary N) is 1. The van der Waals surface area contributed by atoms with Crippen LogP contribution in [-0.2, 0) is 9.59 Å². The minimum atomic E-state index is -1.01. The molecule has 25 heavy (non-hydrogen) atoms. The van der Waals surface area contributed by atoms with Crippen LogP contribution in [0, 0.1) is 0 Å². The Balaban J connectivity index is 1.85. The number of amides is 1. The number of aliphatic carboxylic acids is 1. The first-order valence-electron chi connectivity index (χ1n) is 8.55. The van der Waals surface area contributed by atoms with Crippen molar-refractivity contribution in [3.8, 4) is 11.1 Å². The average Bonchev–Trinajstić information content (AvgIpc) is 2.95. The quantitative estimate of drug-likeness (QED) is 0.676. The molecule has 5 heteroatoms. The molecule has 2 aromatic rings. The number of hydrogen-bond donors (Lipinski definition) is 3. The highest BCUT2D eigenvalue weighted by molar-refractivity contribution is 5.97. The van der Waals surface area contributed by atoms with E-state index in [1.807, 2.05) is 48.5 Å². The predicted molar refractivity (Wildman–Crippen MR) is 96.2 cm³/mol. The van der Waals surface area contributed by atoms with Gasteiger partial charge in [0, 0.05) is 0 Å². The van der Waals surface area contributed by atoms with Crippen LogP contribution in [0.25, 0.3) is 11.1 Å². The third-order valence-electron chi connectivity index (χ3n) is 4.66. The molecule has 1 amide bonds. The highest BCUT2D eigenvalue weighted by Gasteiger charge is 2.35. The molecule has 0 spiro atoms. The van der Waals surface area contributed by atoms with E-state index in [1.54, 1.807) is 0 Å². The SMILES string of the molecule is NCCCCC(NC(=O)C1c2ccccc2-c2ccccc21)C(=O)O. The van der Waals surface area contributed by atoms with Gasteiger partial charge in [-0.2, -0.15) is 0 Å². The Hall–Kier alpha value is -2.66. The second kappa shape index (κ2) is 7.49. The van der Waals surface area contributed by atoms with Crippen molar-refractivity contribution in [2.45, 2.75) is 31.2 Å². The number of unbranched alkanes of at least 4 members (excludes halogenated alkanes) is 1. The molecule has 1 unspecified atom stereocenters. The first-order chi connectivity index (χ1) is 12.1. The fourth-order valence-electron chi connectivity index (χ4n) is 3.44. The number of nitrogens with two attached hydrogens (primary N) is 1. The Morgan fingerprint density at radius 2 is 1.56 bits per heavy atom. The Morgan fingerprint density at radius 3 is 2.08 bits per heavy atom. The minimum Gasteiger partial charge on any atom is -0.480 e. The smallest absolute Gasteiger partial charge is 0.326 e. The van der Waals surface area contributed by atoms with Crippen LogP contribution < -0.4 is 11.1 Å². The maximum absolute atomic E-state index is 12.9. The van der Waals surface area contributed by atoms with Crippen LogP contribution in [0.2, 0.25) is 0 Å². The third kappa shape index (κ3) is 3.42. The van der Waals surface area contributed by atoms with Gasteiger partial charge in [0.1, 0.15) is 6.04 Å². The van der Waals surface area contributed by atoms with Gasteiger partial charge in [0.15, 0.2) is 0 Å². The van der Waals surface area contributed by atoms with Crippen molar-refractivity contribution < 1.29 is 14.7 Å². The maximum Gasteiger partial charge on any atom is 0.326 e. The summed E-state index contributed by atoms with van der Waals surface area (Å²) in [5.41, 5.74) is 9.38. The zero-order valence-corrected chi connectivity index (χ0v) is 13.9. The monoisotopic (exact) mass is 338 g/mol. The number of hydrogen-bond acceptors (Lipinski definition) is 3. The standard InChI is InChI=1S/C20H22N2O3/c21-12-6-5-11-17(20(24)25)22-19(23)18-15-9-3-1-7-13(15)14-8-2-4-10-16(14)18/h1-4,7-10,17-18H,5-6,11-12,21H2,(H,22,23)(H,24,25). The van der Waals surface area contributed by atoms with Crippen molar-refractivity contribution in [3.63, 3.8) is 0 Å². The van der Waals surface area contributed by atoms with Crippen LogP contribution in [0.1, 0.15) is 36.3 Å². The summed E-state index contributed by atoms with van der Waals surface area (Å²) >= 11 is 0. The molecule has 4 N–H and O–H groups in total. The summed E-state index contributed by atoms with van der Waals surface area (Å²) in [5.74, 6) is -1.74. The van der Waals surface area contributed by atoms with E-state index in [9.17, 15) is 14.7 Å². The summed E-state index contributed by atoms with van der Waals surface area (Å²) < 4.78 is 0. The molecule has 0 aliphatic heterocycles. The highest BCUT2D eigenvalue weighted by Crippen LogP contribution is 2.44. The molecule has 0 saturated carbocycles. The first kappa shape index (κ1) is 17.2. The van der Waals surface area contributed by atoms with Crippen LogP contribution in [-0.4, -0.2) is 29.6 Å². The largest absolute Gasteiger partial charge is 0.480 e. The number of carboxylic acids is 1. The van der Waals surface area contributed by atoms with Crippen molar-refractivity contribution in [3.05, 3.63) is 59.7 Å². The summed E-state index contributed by atoms with van der Waals surface area (Å²) in [6, 6.07) is 14.7. The van der Waals surface area contributed by atoms with Crippen molar-refractivity contribution in [1.82, 2.24) is 5.32 Å². The van der Waals surface area contributed by atoms with Gasteiger partial charge >= 0.3 is 5.97 Å². The molecule has 1 atom stereocenters. The molecule has 130 valence electrons. The van der Waals surface area contributed by atoms with Gasteiger partial charge in [0.05, 0.1) is 5.92 Å². The average molecular weight is 338 g/mol. The molecule has 0 heterocycles. The predicted octanol–water partition coefficient (Wildman–Crippen LogP) is 2.50. The van der Waals surface area contributed by atoms with Crippen LogP contribution in [0.5, 0.6) is 0 Å². The Morgan fingerprint density at radius 1 is 1.00 bits per heavy atom. The summed E-state index contributed by atoms with van der Waals surface area (Å²) in [6.45, 7) is 0.518. The van der Waals surface area contributed by atoms with E-state index in [1.165, 1.54) is 0 Å². The van der Waals surface area contributed by atoms with Crippen molar-refractivity contribution in [1.29, 1.82) is 0 Å². The van der Waals surface area contributed by atoms with Gasteiger partial charge < -0.3 is 16.2 Å². The van der Waals surface area contributed by atoms with Crippen LogP contribution in [0.3, 0.4) is 0 Å². The summed E-state index contributed by atoms with van der Waals surface area (Å²) in [6.07, 6.45) is 1.80. The van der Waals surface area contributed by atoms with E-state index in [0.29, 0.717) is 19.4 Å². The van der Waals surface area contributed by atoms with E-state index < -0.39 is 17.9 Å². The Labute approximate surface area is 146 Å². The number of fused-ring (bicyclic) bond motifs is 3. The molecular weight excluding hydrogens is 316 g/mol. The molecular formula is C20H22N2O3. The molecule has 1 aliphatic rings. The second-order valence-corrected chi connectivity index (χ2v) is 6.29. The lowest BCUT2D eigenvalue weighted by Crippen LogP contribution is -2.43. The van der Waals surface area contributed by atoms with Gasteiger partial charge in [-0.1, -0.05) is 48.5 Å². The number of carboxylic acid groups (broad SMARTS) is 1. The molecule has 0 radical (unpaired) electrons. The maximum atomic E-state index is 12.9. The Kier molecular flexibility index (Phi) is 5.14. The van der Waals surface area contributed by atoms with E-state index in [2.05, 4.69) is 5.32 Å². The van der Waals surface area contributed by atoms with Gasteiger partial charge in [-0.05, 0) is 48.1 Å². The van der Waals surface area contributed by atoms with Crippen molar-refractivity contribution >= 4 is 11.9 Å². The zero-order valence-electron chi connectivity index (χ0n) is 13.9. The van der Waals surface area contributed by atoms with Gasteiger partial charge in [-0.25, -0.2) is 4.79 Å². The lowest BCUT2D eigenvalue weighted by Gasteiger charge is -2.19. The topological polar surface area (TPSA) is 92.4 Å². The molecule has 3 rings (SSSR count). The summed E-state index contributed by atoms with van der Waals surface area (Å²) in [4.78, 5) is 24.4. The van der Waals surface area contributed by atoms with Crippen molar-refractivity contribution in [2.24, 2.45) is 5.73 Å². The summed E-state index contributed by atoms with van der Waals surface area (Å²) in [5, 5.41) is 12.1. The highest BCUT2D eigenvalue weighted by atomic mass is 16.4. The Bertz CT molecular complexity index is 743. The van der Waals surface area contributed by atoms with Crippen molar-refractivity contribution in [2.75, 3.05) is 6.54 Å². The zero-order chi connectivity index (χ0) is 17.8. The number of carbonyl (C=O) groups is 2. The fourth-order valence-corrected chi connectivity index (χ4v) is 3.44. The lowest BCUT2D eigenvalue weighted by atomic mass is 9.95. The second-order valence-electron chi connectivity index (χ2n) is 6.29. The van der Waals surface area contributed by atoms with E-state index in [4.69, 9.17) is 5.73 Å². The first-order valence-corrected chi connectivity index (χ1v) is 8.55. The van der Waals surface area contributed by atoms with Crippen LogP contribution >= 0.6 is 0 Å². The van der Waals surface area contributed by atoms with Gasteiger partial charge in [-0.15, -0.1) is 0 Å². The minimum absolute atomic E-state index is 0.266. The number of benzene rings is 2. The van der Waals surface area contributed by atoms with E-state index in [-0.39, 0.29) is 5.91 Å². The molecule has 0 saturated heterocycles. The van der Waals surface area contributed by atoms with Crippen LogP contribution in [0.15, 0.2) is 48.5 Å². The van der Waals surface area contributed by atoms with Gasteiger partial charge in [0.2, 0.25) is 5.91 Å². The molecule has 0 aromatic heterocycles. The van der Waals surface area contributed by atoms with E-state index in [0.717, 1.165) is 28.7 Å².